The molecule has 0 aromatic heterocycles. The first-order valence-electron chi connectivity index (χ1n) is 5.44. The normalized spacial score (nSPS) is 17.9. The average Bonchev–Trinajstić information content (AvgIpc) is 2.98. The van der Waals surface area contributed by atoms with E-state index in [1.807, 2.05) is 0 Å². The average molecular weight is 255 g/mol. The molecule has 0 aromatic carbocycles. The Morgan fingerprint density at radius 1 is 1.56 bits per heavy atom. The minimum Gasteiger partial charge on any atom is -0.354 e. The smallest absolute Gasteiger partial charge is 0.251 e. The Kier molecular flexibility index (Phi) is 5.41. The Bertz CT molecular complexity index is 235. The van der Waals surface area contributed by atoms with E-state index >= 15 is 0 Å². The summed E-state index contributed by atoms with van der Waals surface area (Å²) in [5.74, 6) is -0.255. The van der Waals surface area contributed by atoms with E-state index in [1.165, 1.54) is 0 Å². The van der Waals surface area contributed by atoms with E-state index < -0.39 is 11.8 Å². The molecule has 1 unspecified atom stereocenters. The number of nitrogens with zero attached hydrogens (tertiary/aromatic N) is 1. The van der Waals surface area contributed by atoms with Crippen molar-refractivity contribution >= 4 is 17.5 Å². The first-order chi connectivity index (χ1) is 7.50. The predicted octanol–water partition coefficient (Wildman–Crippen LogP) is 1.46. The summed E-state index contributed by atoms with van der Waals surface area (Å²) in [6.45, 7) is 2.20. The van der Waals surface area contributed by atoms with Crippen LogP contribution in [0.15, 0.2) is 0 Å². The van der Waals surface area contributed by atoms with E-state index in [1.54, 1.807) is 11.8 Å². The van der Waals surface area contributed by atoms with E-state index in [2.05, 4.69) is 5.32 Å². The third kappa shape index (κ3) is 5.07. The van der Waals surface area contributed by atoms with Crippen LogP contribution >= 0.6 is 11.6 Å². The van der Waals surface area contributed by atoms with Gasteiger partial charge in [0.25, 0.3) is 6.43 Å². The van der Waals surface area contributed by atoms with Crippen molar-refractivity contribution < 1.29 is 13.6 Å². The molecule has 0 saturated heterocycles. The van der Waals surface area contributed by atoms with Gasteiger partial charge < -0.3 is 5.32 Å². The van der Waals surface area contributed by atoms with Gasteiger partial charge >= 0.3 is 0 Å². The molecule has 3 nitrogen and oxygen atoms in total. The lowest BCUT2D eigenvalue weighted by molar-refractivity contribution is -0.120. The van der Waals surface area contributed by atoms with E-state index in [9.17, 15) is 13.6 Å². The highest BCUT2D eigenvalue weighted by molar-refractivity contribution is 6.30. The van der Waals surface area contributed by atoms with Crippen molar-refractivity contribution in [1.82, 2.24) is 10.2 Å². The number of carbonyl (C=O) groups is 1. The molecule has 1 aliphatic rings. The summed E-state index contributed by atoms with van der Waals surface area (Å²) in [5, 5.41) is 2.03. The summed E-state index contributed by atoms with van der Waals surface area (Å²) in [6.07, 6.45) is -0.359. The molecule has 1 rings (SSSR count). The second-order valence-corrected chi connectivity index (χ2v) is 4.68. The number of hydrogen-bond acceptors (Lipinski definition) is 2. The van der Waals surface area contributed by atoms with Crippen molar-refractivity contribution in [3.63, 3.8) is 0 Å². The van der Waals surface area contributed by atoms with E-state index in [-0.39, 0.29) is 18.5 Å². The monoisotopic (exact) mass is 254 g/mol. The summed E-state index contributed by atoms with van der Waals surface area (Å²) in [5.41, 5.74) is 0. The third-order valence-corrected chi connectivity index (χ3v) is 2.69. The van der Waals surface area contributed by atoms with Crippen LogP contribution in [0.5, 0.6) is 0 Å². The summed E-state index contributed by atoms with van der Waals surface area (Å²) in [7, 11) is 0. The number of hydrogen-bond donors (Lipinski definition) is 1. The summed E-state index contributed by atoms with van der Waals surface area (Å²) in [6, 6.07) is 0.277. The number of alkyl halides is 3. The van der Waals surface area contributed by atoms with Crippen molar-refractivity contribution in [2.24, 2.45) is 0 Å². The molecule has 16 heavy (non-hydrogen) atoms. The molecule has 94 valence electrons. The standard InChI is InChI=1S/C10H17ClF2N2O/c1-7(11)10(16)14-4-5-15(6-9(12)13)8-2-3-8/h7-9H,2-6H2,1H3,(H,14,16). The maximum absolute atomic E-state index is 12.2. The molecule has 6 heteroatoms. The number of halogens is 3. The molecule has 1 amide bonds. The maximum Gasteiger partial charge on any atom is 0.251 e. The van der Waals surface area contributed by atoms with Crippen molar-refractivity contribution in [3.05, 3.63) is 0 Å². The highest BCUT2D eigenvalue weighted by Gasteiger charge is 2.30. The van der Waals surface area contributed by atoms with Crippen LogP contribution in [0.25, 0.3) is 0 Å². The second kappa shape index (κ2) is 6.35. The number of amides is 1. The molecule has 0 spiro atoms. The van der Waals surface area contributed by atoms with Crippen molar-refractivity contribution in [2.75, 3.05) is 19.6 Å². The lowest BCUT2D eigenvalue weighted by Crippen LogP contribution is -2.40. The Labute approximate surface area is 99.1 Å². The topological polar surface area (TPSA) is 32.3 Å². The van der Waals surface area contributed by atoms with Gasteiger partial charge in [0.15, 0.2) is 0 Å². The van der Waals surface area contributed by atoms with Crippen molar-refractivity contribution in [3.8, 4) is 0 Å². The summed E-state index contributed by atoms with van der Waals surface area (Å²) >= 11 is 5.56. The number of nitrogens with one attached hydrogen (secondary N) is 1. The van der Waals surface area contributed by atoms with Gasteiger partial charge in [-0.1, -0.05) is 0 Å². The Morgan fingerprint density at radius 3 is 2.62 bits per heavy atom. The molecule has 0 radical (unpaired) electrons. The SMILES string of the molecule is CC(Cl)C(=O)NCCN(CC(F)F)C1CC1. The third-order valence-electron chi connectivity index (χ3n) is 2.50. The van der Waals surface area contributed by atoms with Crippen LogP contribution in [0.3, 0.4) is 0 Å². The lowest BCUT2D eigenvalue weighted by Gasteiger charge is -2.21. The Hall–Kier alpha value is -0.420. The second-order valence-electron chi connectivity index (χ2n) is 4.02. The van der Waals surface area contributed by atoms with Crippen LogP contribution < -0.4 is 5.32 Å². The van der Waals surface area contributed by atoms with Crippen LogP contribution in [0.2, 0.25) is 0 Å². The fourth-order valence-corrected chi connectivity index (χ4v) is 1.58. The molecule has 1 N–H and O–H groups in total. The molecular weight excluding hydrogens is 238 g/mol. The minimum atomic E-state index is -2.32. The molecule has 0 bridgehead atoms. The molecule has 1 fully saturated rings. The first kappa shape index (κ1) is 13.6. The zero-order valence-corrected chi connectivity index (χ0v) is 10.0. The van der Waals surface area contributed by atoms with Gasteiger partial charge in [-0.3, -0.25) is 9.69 Å². The first-order valence-corrected chi connectivity index (χ1v) is 5.88. The van der Waals surface area contributed by atoms with Gasteiger partial charge in [0.05, 0.1) is 6.54 Å². The van der Waals surface area contributed by atoms with Gasteiger partial charge in [0.2, 0.25) is 5.91 Å². The van der Waals surface area contributed by atoms with Crippen LogP contribution in [0, 0.1) is 0 Å². The number of carbonyl (C=O) groups excluding carboxylic acids is 1. The van der Waals surface area contributed by atoms with Crippen LogP contribution in [0.1, 0.15) is 19.8 Å². The van der Waals surface area contributed by atoms with Crippen molar-refractivity contribution in [1.29, 1.82) is 0 Å². The van der Waals surface area contributed by atoms with E-state index in [0.717, 1.165) is 12.8 Å². The Balaban J connectivity index is 2.20. The largest absolute Gasteiger partial charge is 0.354 e. The van der Waals surface area contributed by atoms with Gasteiger partial charge in [-0.2, -0.15) is 0 Å². The number of rotatable bonds is 7. The van der Waals surface area contributed by atoms with Gasteiger partial charge in [-0.05, 0) is 19.8 Å². The van der Waals surface area contributed by atoms with Crippen molar-refractivity contribution in [2.45, 2.75) is 37.6 Å². The molecule has 1 atom stereocenters. The molecule has 0 aromatic rings. The van der Waals surface area contributed by atoms with Crippen LogP contribution in [-0.2, 0) is 4.79 Å². The van der Waals surface area contributed by atoms with Gasteiger partial charge in [0.1, 0.15) is 5.38 Å². The zero-order valence-electron chi connectivity index (χ0n) is 9.26. The highest BCUT2D eigenvalue weighted by Crippen LogP contribution is 2.26. The summed E-state index contributed by atoms with van der Waals surface area (Å²) < 4.78 is 24.5. The molecular formula is C10H17ClF2N2O. The summed E-state index contributed by atoms with van der Waals surface area (Å²) in [4.78, 5) is 12.8. The molecule has 0 aliphatic heterocycles. The lowest BCUT2D eigenvalue weighted by atomic mass is 10.4. The maximum atomic E-state index is 12.2. The van der Waals surface area contributed by atoms with E-state index in [0.29, 0.717) is 13.1 Å². The van der Waals surface area contributed by atoms with Gasteiger partial charge in [0, 0.05) is 19.1 Å². The molecule has 1 saturated carbocycles. The quantitative estimate of drug-likeness (QED) is 0.698. The highest BCUT2D eigenvalue weighted by atomic mass is 35.5. The van der Waals surface area contributed by atoms with Gasteiger partial charge in [-0.15, -0.1) is 11.6 Å². The zero-order chi connectivity index (χ0) is 12.1. The fourth-order valence-electron chi connectivity index (χ4n) is 1.50. The predicted molar refractivity (Wildman–Crippen MR) is 58.9 cm³/mol. The van der Waals surface area contributed by atoms with Crippen LogP contribution in [-0.4, -0.2) is 48.3 Å². The van der Waals surface area contributed by atoms with Crippen LogP contribution in [0.4, 0.5) is 8.78 Å². The van der Waals surface area contributed by atoms with E-state index in [4.69, 9.17) is 11.6 Å². The fraction of sp³-hybridized carbons (Fsp3) is 0.900. The minimum absolute atomic E-state index is 0.211. The molecule has 0 heterocycles. The Morgan fingerprint density at radius 2 is 2.19 bits per heavy atom. The molecule has 1 aliphatic carbocycles. The van der Waals surface area contributed by atoms with Gasteiger partial charge in [-0.25, -0.2) is 8.78 Å².